The number of hydrogen-bond acceptors (Lipinski definition) is 16. The van der Waals surface area contributed by atoms with Gasteiger partial charge in [0.2, 0.25) is 0 Å². The third kappa shape index (κ3) is 9.50. The molecule has 0 atom stereocenters. The van der Waals surface area contributed by atoms with Crippen molar-refractivity contribution in [2.45, 2.75) is 25.7 Å². The molecule has 1 aliphatic rings. The smallest absolute Gasteiger partial charge is 0.122 e. The molecule has 0 spiro atoms. The van der Waals surface area contributed by atoms with Crippen LogP contribution in [-0.2, 0) is 25.7 Å². The van der Waals surface area contributed by atoms with Crippen LogP contribution in [0.3, 0.4) is 0 Å². The maximum atomic E-state index is 12.1. The van der Waals surface area contributed by atoms with Crippen LogP contribution in [0, 0.1) is 0 Å². The van der Waals surface area contributed by atoms with Gasteiger partial charge in [-0.1, -0.05) is 0 Å². The summed E-state index contributed by atoms with van der Waals surface area (Å²) in [6.45, 7) is 0. The molecule has 16 heteroatoms. The number of rotatable bonds is 8. The number of aromatic nitrogens is 4. The highest BCUT2D eigenvalue weighted by molar-refractivity contribution is 5.64. The van der Waals surface area contributed by atoms with E-state index in [0.29, 0.717) is 90.0 Å². The van der Waals surface area contributed by atoms with Gasteiger partial charge in [0.25, 0.3) is 0 Å². The number of pyridine rings is 4. The van der Waals surface area contributed by atoms with E-state index in [4.69, 9.17) is 0 Å². The molecule has 0 unspecified atom stereocenters. The summed E-state index contributed by atoms with van der Waals surface area (Å²) in [5.41, 5.74) is 7.21. The van der Waals surface area contributed by atoms with Crippen LogP contribution in [-0.4, -0.2) is 40.4 Å². The molecule has 4 heterocycles. The van der Waals surface area contributed by atoms with Crippen LogP contribution >= 0.6 is 0 Å². The molecule has 312 valence electrons. The Hall–Kier alpha value is -8.92. The first kappa shape index (κ1) is 40.5. The van der Waals surface area contributed by atoms with Gasteiger partial charge in [0.05, 0.1) is 45.5 Å². The first-order chi connectivity index (χ1) is 31.3. The molecule has 4 aromatic heterocycles. The fraction of sp³-hybridized carbons (Fsp3) is 0.0833. The van der Waals surface area contributed by atoms with E-state index in [-0.39, 0.29) is 48.7 Å². The third-order valence-electron chi connectivity index (χ3n) is 10.3. The minimum atomic E-state index is -0.0726. The quantitative estimate of drug-likeness (QED) is 0.107. The maximum absolute atomic E-state index is 12.1. The zero-order chi connectivity index (χ0) is 43.8. The molecule has 0 fully saturated rings. The van der Waals surface area contributed by atoms with Crippen LogP contribution in [0.4, 0.5) is 45.5 Å². The summed E-state index contributed by atoms with van der Waals surface area (Å²) in [5.74, 6) is -0.291. The van der Waals surface area contributed by atoms with Crippen molar-refractivity contribution in [2.75, 3.05) is 0 Å². The molecule has 8 aromatic rings. The Bertz CT molecular complexity index is 2580. The van der Waals surface area contributed by atoms with Gasteiger partial charge in [-0.05, 0) is 97.1 Å². The van der Waals surface area contributed by atoms with Crippen molar-refractivity contribution in [2.24, 2.45) is 40.9 Å². The van der Waals surface area contributed by atoms with Crippen molar-refractivity contribution in [1.82, 2.24) is 19.9 Å². The molecular weight excluding hydrogens is 809 g/mol. The van der Waals surface area contributed by atoms with E-state index >= 15 is 0 Å². The maximum Gasteiger partial charge on any atom is 0.122 e. The van der Waals surface area contributed by atoms with E-state index in [1.165, 1.54) is 0 Å². The van der Waals surface area contributed by atoms with E-state index in [1.807, 2.05) is 0 Å². The van der Waals surface area contributed by atoms with E-state index in [2.05, 4.69) is 60.8 Å². The Labute approximate surface area is 365 Å². The predicted octanol–water partition coefficient (Wildman–Crippen LogP) is 12.4. The van der Waals surface area contributed by atoms with Crippen LogP contribution < -0.4 is 0 Å². The number of fused-ring (bicyclic) bond motifs is 8. The van der Waals surface area contributed by atoms with E-state index in [0.717, 1.165) is 0 Å². The van der Waals surface area contributed by atoms with Crippen LogP contribution in [0.25, 0.3) is 0 Å². The Morgan fingerprint density at radius 3 is 0.578 bits per heavy atom. The van der Waals surface area contributed by atoms with Gasteiger partial charge in [-0.2, -0.15) is 40.9 Å². The second-order valence-electron chi connectivity index (χ2n) is 14.8. The minimum absolute atomic E-state index is 0.0176. The van der Waals surface area contributed by atoms with Gasteiger partial charge in [-0.3, -0.25) is 19.9 Å². The van der Waals surface area contributed by atoms with Crippen molar-refractivity contribution in [3.8, 4) is 23.0 Å². The normalized spacial score (nSPS) is 12.8. The fourth-order valence-electron chi connectivity index (χ4n) is 7.20. The molecule has 0 radical (unpaired) electrons. The highest BCUT2D eigenvalue weighted by Crippen LogP contribution is 2.43. The summed E-state index contributed by atoms with van der Waals surface area (Å²) in [6.07, 6.45) is 13.0. The van der Waals surface area contributed by atoms with Gasteiger partial charge in [0.1, 0.15) is 23.0 Å². The topological polar surface area (TPSA) is 231 Å². The van der Waals surface area contributed by atoms with Gasteiger partial charge in [-0.25, -0.2) is 0 Å². The first-order valence-electron chi connectivity index (χ1n) is 20.0. The minimum Gasteiger partial charge on any atom is -0.507 e. The monoisotopic (exact) mass is 844 g/mol. The second-order valence-corrected chi connectivity index (χ2v) is 14.8. The lowest BCUT2D eigenvalue weighted by Crippen LogP contribution is -2.01. The lowest BCUT2D eigenvalue weighted by molar-refractivity contribution is 0.450. The van der Waals surface area contributed by atoms with Crippen molar-refractivity contribution < 1.29 is 20.4 Å². The molecule has 1 aliphatic carbocycles. The predicted molar refractivity (Wildman–Crippen MR) is 237 cm³/mol. The summed E-state index contributed by atoms with van der Waals surface area (Å²) in [4.78, 5) is 16.2. The number of aromatic hydroxyl groups is 4. The molecule has 16 nitrogen and oxygen atoms in total. The SMILES string of the molecule is Oc1c2cc(N=Nc3ccncc3)cc1Cc1cc(N=Nc3ccncc3)cc(c1O)Cc1cc(N=Nc3ccncc3)cc(c1O)Cc1cc(N=Nc3ccncc3)cc(c1O)C2. The number of phenols is 4. The van der Waals surface area contributed by atoms with Crippen molar-refractivity contribution in [3.05, 3.63) is 191 Å². The molecular formula is C48H36N12O4. The van der Waals surface area contributed by atoms with Gasteiger partial charge in [0, 0.05) is 120 Å². The largest absolute Gasteiger partial charge is 0.507 e. The average molecular weight is 845 g/mol. The number of phenolic OH excluding ortho intramolecular Hbond substituents is 4. The molecule has 9 rings (SSSR count). The molecule has 0 saturated heterocycles. The van der Waals surface area contributed by atoms with Crippen LogP contribution in [0.1, 0.15) is 44.5 Å². The molecule has 0 amide bonds. The highest BCUT2D eigenvalue weighted by Gasteiger charge is 2.22. The Morgan fingerprint density at radius 1 is 0.250 bits per heavy atom. The van der Waals surface area contributed by atoms with Gasteiger partial charge >= 0.3 is 0 Å². The first-order valence-corrected chi connectivity index (χ1v) is 20.0. The molecule has 8 bridgehead atoms. The summed E-state index contributed by atoms with van der Waals surface area (Å²) >= 11 is 0. The molecule has 0 saturated carbocycles. The lowest BCUT2D eigenvalue weighted by Gasteiger charge is -2.18. The van der Waals surface area contributed by atoms with Crippen LogP contribution in [0.2, 0.25) is 0 Å². The molecule has 0 aliphatic heterocycles. The van der Waals surface area contributed by atoms with E-state index in [1.54, 1.807) is 147 Å². The summed E-state index contributed by atoms with van der Waals surface area (Å²) in [5, 5.41) is 84.0. The zero-order valence-electron chi connectivity index (χ0n) is 33.8. The van der Waals surface area contributed by atoms with Crippen molar-refractivity contribution in [1.29, 1.82) is 0 Å². The van der Waals surface area contributed by atoms with Crippen molar-refractivity contribution >= 4 is 45.5 Å². The summed E-state index contributed by atoms with van der Waals surface area (Å²) in [6, 6.07) is 27.3. The standard InChI is InChI=1S/C48H36N12O4/c61-45-29-17-31-23-42(58-54-38-3-11-50-12-4-38)25-33(46(31)62)19-35-27-44(60-56-40-7-15-52-16-8-40)28-36(48(35)64)20-34-26-43(59-55-39-5-13-51-14-6-39)24-32(47(34)63)18-30(45)22-41(21-29)57-53-37-1-9-49-10-2-37/h1-16,21-28,61-64H,17-20H2. The molecule has 4 N–H and O–H groups in total. The molecule has 4 aromatic carbocycles. The lowest BCUT2D eigenvalue weighted by atomic mass is 9.90. The Balaban J connectivity index is 1.24. The van der Waals surface area contributed by atoms with Crippen LogP contribution in [0.5, 0.6) is 23.0 Å². The van der Waals surface area contributed by atoms with E-state index < -0.39 is 0 Å². The fourth-order valence-corrected chi connectivity index (χ4v) is 7.20. The second kappa shape index (κ2) is 18.4. The number of benzene rings is 4. The van der Waals surface area contributed by atoms with Crippen molar-refractivity contribution in [3.63, 3.8) is 0 Å². The zero-order valence-corrected chi connectivity index (χ0v) is 33.8. The highest BCUT2D eigenvalue weighted by atomic mass is 16.3. The number of hydrogen-bond donors (Lipinski definition) is 4. The third-order valence-corrected chi connectivity index (χ3v) is 10.3. The molecule has 64 heavy (non-hydrogen) atoms. The van der Waals surface area contributed by atoms with Gasteiger partial charge in [0.15, 0.2) is 0 Å². The number of azo groups is 4. The number of nitrogens with zero attached hydrogens (tertiary/aromatic N) is 12. The average Bonchev–Trinajstić information content (AvgIpc) is 3.32. The van der Waals surface area contributed by atoms with Gasteiger partial charge in [-0.15, -0.1) is 0 Å². The summed E-state index contributed by atoms with van der Waals surface area (Å²) < 4.78 is 0. The van der Waals surface area contributed by atoms with Gasteiger partial charge < -0.3 is 20.4 Å². The Kier molecular flexibility index (Phi) is 11.6. The van der Waals surface area contributed by atoms with E-state index in [9.17, 15) is 20.4 Å². The summed E-state index contributed by atoms with van der Waals surface area (Å²) in [7, 11) is 0. The Morgan fingerprint density at radius 2 is 0.406 bits per heavy atom. The van der Waals surface area contributed by atoms with Crippen LogP contribution in [0.15, 0.2) is 188 Å².